The summed E-state index contributed by atoms with van der Waals surface area (Å²) in [4.78, 5) is 17.2. The van der Waals surface area contributed by atoms with Crippen LogP contribution in [0.25, 0.3) is 10.9 Å². The number of H-pyrrole nitrogens is 1. The van der Waals surface area contributed by atoms with Crippen molar-refractivity contribution in [3.8, 4) is 5.75 Å². The first-order chi connectivity index (χ1) is 12.5. The van der Waals surface area contributed by atoms with Gasteiger partial charge in [0.25, 0.3) is 0 Å². The van der Waals surface area contributed by atoms with E-state index >= 15 is 0 Å². The topological polar surface area (TPSA) is 51.3 Å². The van der Waals surface area contributed by atoms with Crippen molar-refractivity contribution in [3.05, 3.63) is 52.7 Å². The van der Waals surface area contributed by atoms with Gasteiger partial charge in [0, 0.05) is 26.5 Å². The summed E-state index contributed by atoms with van der Waals surface area (Å²) in [6, 6.07) is 11.6. The van der Waals surface area contributed by atoms with Gasteiger partial charge in [-0.15, -0.1) is 0 Å². The van der Waals surface area contributed by atoms with Crippen LogP contribution >= 0.6 is 23.4 Å². The molecule has 6 heteroatoms. The molecule has 4 nitrogen and oxygen atoms in total. The van der Waals surface area contributed by atoms with Crippen molar-refractivity contribution in [2.24, 2.45) is 0 Å². The molecule has 0 spiro atoms. The smallest absolute Gasteiger partial charge is 0.310 e. The van der Waals surface area contributed by atoms with Gasteiger partial charge >= 0.3 is 5.97 Å². The molecule has 0 bridgehead atoms. The Morgan fingerprint density at radius 2 is 2.04 bits per heavy atom. The van der Waals surface area contributed by atoms with Gasteiger partial charge in [-0.25, -0.2) is 0 Å². The number of ether oxygens (including phenoxy) is 2. The van der Waals surface area contributed by atoms with Crippen molar-refractivity contribution in [2.45, 2.75) is 30.1 Å². The normalized spacial score (nSPS) is 10.9. The van der Waals surface area contributed by atoms with Gasteiger partial charge in [0.1, 0.15) is 5.75 Å². The number of aromatic nitrogens is 1. The number of rotatable bonds is 6. The van der Waals surface area contributed by atoms with Crippen LogP contribution in [-0.4, -0.2) is 24.7 Å². The molecular formula is C20H20ClNO3S. The zero-order chi connectivity index (χ0) is 18.7. The minimum atomic E-state index is -0.230. The van der Waals surface area contributed by atoms with Crippen molar-refractivity contribution >= 4 is 40.2 Å². The summed E-state index contributed by atoms with van der Waals surface area (Å²) in [5, 5.41) is 1.80. The van der Waals surface area contributed by atoms with Gasteiger partial charge in [-0.05, 0) is 43.7 Å². The lowest BCUT2D eigenvalue weighted by atomic mass is 10.1. The molecule has 26 heavy (non-hydrogen) atoms. The van der Waals surface area contributed by atoms with Gasteiger partial charge in [-0.2, -0.15) is 0 Å². The van der Waals surface area contributed by atoms with E-state index in [2.05, 4.69) is 4.98 Å². The van der Waals surface area contributed by atoms with Gasteiger partial charge in [0.2, 0.25) is 0 Å². The van der Waals surface area contributed by atoms with Gasteiger partial charge < -0.3 is 14.5 Å². The Hall–Kier alpha value is -2.11. The monoisotopic (exact) mass is 389 g/mol. The number of fused-ring (bicyclic) bond motifs is 1. The predicted molar refractivity (Wildman–Crippen MR) is 105 cm³/mol. The molecule has 136 valence electrons. The maximum atomic E-state index is 11.8. The molecule has 0 saturated carbocycles. The molecular weight excluding hydrogens is 370 g/mol. The number of benzene rings is 2. The number of carbonyl (C=O) groups is 1. The van der Waals surface area contributed by atoms with E-state index in [1.807, 2.05) is 43.3 Å². The molecule has 0 fully saturated rings. The van der Waals surface area contributed by atoms with Crippen LogP contribution in [0.15, 0.2) is 46.2 Å². The molecule has 0 atom stereocenters. The third-order valence-electron chi connectivity index (χ3n) is 3.98. The third-order valence-corrected chi connectivity index (χ3v) is 5.49. The molecule has 0 unspecified atom stereocenters. The fraction of sp³-hybridized carbons (Fsp3) is 0.250. The minimum Gasteiger partial charge on any atom is -0.496 e. The summed E-state index contributed by atoms with van der Waals surface area (Å²) in [5.41, 5.74) is 2.96. The highest BCUT2D eigenvalue weighted by molar-refractivity contribution is 7.99. The number of nitrogens with one attached hydrogen (secondary N) is 1. The molecule has 3 rings (SSSR count). The lowest BCUT2D eigenvalue weighted by Gasteiger charge is -2.11. The number of carbonyl (C=O) groups excluding carboxylic acids is 1. The predicted octanol–water partition coefficient (Wildman–Crippen LogP) is 5.40. The molecule has 0 aliphatic heterocycles. The Labute approximate surface area is 161 Å². The van der Waals surface area contributed by atoms with E-state index in [-0.39, 0.29) is 12.4 Å². The number of aromatic amines is 1. The first-order valence-corrected chi connectivity index (χ1v) is 9.49. The maximum absolute atomic E-state index is 11.8. The van der Waals surface area contributed by atoms with Crippen LogP contribution < -0.4 is 4.74 Å². The summed E-state index contributed by atoms with van der Waals surface area (Å²) < 4.78 is 10.5. The van der Waals surface area contributed by atoms with E-state index in [1.165, 1.54) is 0 Å². The zero-order valence-corrected chi connectivity index (χ0v) is 16.5. The highest BCUT2D eigenvalue weighted by atomic mass is 35.5. The molecule has 1 aromatic heterocycles. The minimum absolute atomic E-state index is 0.230. The van der Waals surface area contributed by atoms with Gasteiger partial charge in [0.15, 0.2) is 0 Å². The quantitative estimate of drug-likeness (QED) is 0.574. The van der Waals surface area contributed by atoms with Gasteiger partial charge in [0.05, 0.1) is 25.0 Å². The van der Waals surface area contributed by atoms with Crippen LogP contribution in [0.1, 0.15) is 18.2 Å². The van der Waals surface area contributed by atoms with Crippen molar-refractivity contribution in [3.63, 3.8) is 0 Å². The zero-order valence-electron chi connectivity index (χ0n) is 14.9. The van der Waals surface area contributed by atoms with Gasteiger partial charge in [-0.1, -0.05) is 35.5 Å². The lowest BCUT2D eigenvalue weighted by Crippen LogP contribution is -2.07. The highest BCUT2D eigenvalue weighted by Gasteiger charge is 2.15. The Morgan fingerprint density at radius 3 is 2.77 bits per heavy atom. The summed E-state index contributed by atoms with van der Waals surface area (Å²) in [6.07, 6.45) is 0.244. The molecule has 0 radical (unpaired) electrons. The molecule has 0 aliphatic rings. The maximum Gasteiger partial charge on any atom is 0.310 e. The fourth-order valence-corrected chi connectivity index (χ4v) is 4.16. The van der Waals surface area contributed by atoms with Crippen LogP contribution in [0.5, 0.6) is 5.75 Å². The Balaban J connectivity index is 1.96. The van der Waals surface area contributed by atoms with Crippen molar-refractivity contribution in [1.29, 1.82) is 0 Å². The second kappa shape index (κ2) is 8.06. The number of methoxy groups -OCH3 is 1. The molecule has 0 saturated heterocycles. The largest absolute Gasteiger partial charge is 0.496 e. The lowest BCUT2D eigenvalue weighted by molar-refractivity contribution is -0.142. The highest BCUT2D eigenvalue weighted by Crippen LogP contribution is 2.41. The molecule has 3 aromatic rings. The number of hydrogen-bond acceptors (Lipinski definition) is 4. The summed E-state index contributed by atoms with van der Waals surface area (Å²) in [5.74, 6) is 0.539. The Bertz CT molecular complexity index is 952. The van der Waals surface area contributed by atoms with Crippen LogP contribution in [0, 0.1) is 6.92 Å². The van der Waals surface area contributed by atoms with E-state index in [1.54, 1.807) is 25.8 Å². The van der Waals surface area contributed by atoms with Crippen molar-refractivity contribution in [1.82, 2.24) is 4.98 Å². The standard InChI is InChI=1S/C20H20ClNO3S/c1-4-25-19(23)10-13-5-8-17(24-3)18(9-13)26-20-12(2)22-16-11-14(21)6-7-15(16)20/h5-9,11,22H,4,10H2,1-3H3. The first kappa shape index (κ1) is 18.7. The number of hydrogen-bond donors (Lipinski definition) is 1. The van der Waals surface area contributed by atoms with Crippen molar-refractivity contribution in [2.75, 3.05) is 13.7 Å². The molecule has 1 N–H and O–H groups in total. The van der Waals surface area contributed by atoms with Crippen LogP contribution in [-0.2, 0) is 16.0 Å². The van der Waals surface area contributed by atoms with Crippen LogP contribution in [0.4, 0.5) is 0 Å². The molecule has 0 amide bonds. The average molecular weight is 390 g/mol. The van der Waals surface area contributed by atoms with E-state index in [0.717, 1.165) is 37.7 Å². The SMILES string of the molecule is CCOC(=O)Cc1ccc(OC)c(Sc2c(C)[nH]c3cc(Cl)ccc23)c1. The van der Waals surface area contributed by atoms with E-state index in [0.29, 0.717) is 11.6 Å². The molecule has 0 aliphatic carbocycles. The fourth-order valence-electron chi connectivity index (χ4n) is 2.81. The van der Waals surface area contributed by atoms with Gasteiger partial charge in [-0.3, -0.25) is 4.79 Å². The van der Waals surface area contributed by atoms with Crippen molar-refractivity contribution < 1.29 is 14.3 Å². The number of esters is 1. The summed E-state index contributed by atoms with van der Waals surface area (Å²) >= 11 is 7.70. The first-order valence-electron chi connectivity index (χ1n) is 8.30. The molecule has 2 aromatic carbocycles. The van der Waals surface area contributed by atoms with Crippen LogP contribution in [0.2, 0.25) is 5.02 Å². The number of halogens is 1. The third kappa shape index (κ3) is 4.00. The number of aryl methyl sites for hydroxylation is 1. The average Bonchev–Trinajstić information content (AvgIpc) is 2.90. The second-order valence-corrected chi connectivity index (χ2v) is 7.33. The Kier molecular flexibility index (Phi) is 5.79. The summed E-state index contributed by atoms with van der Waals surface area (Å²) in [7, 11) is 1.65. The van der Waals surface area contributed by atoms with Crippen LogP contribution in [0.3, 0.4) is 0 Å². The second-order valence-electron chi connectivity index (χ2n) is 5.84. The van der Waals surface area contributed by atoms with E-state index < -0.39 is 0 Å². The molecule has 1 heterocycles. The van der Waals surface area contributed by atoms with E-state index in [4.69, 9.17) is 21.1 Å². The summed E-state index contributed by atoms with van der Waals surface area (Å²) in [6.45, 7) is 4.22. The Morgan fingerprint density at radius 1 is 1.23 bits per heavy atom. The van der Waals surface area contributed by atoms with E-state index in [9.17, 15) is 4.79 Å².